The molecule has 0 amide bonds. The monoisotopic (exact) mass is 408 g/mol. The normalized spacial score (nSPS) is 16.5. The molecule has 30 heavy (non-hydrogen) atoms. The van der Waals surface area contributed by atoms with Gasteiger partial charge in [-0.2, -0.15) is 0 Å². The minimum atomic E-state index is -3.60. The molecule has 1 heterocycles. The summed E-state index contributed by atoms with van der Waals surface area (Å²) in [6, 6.07) is 28.3. The second kappa shape index (κ2) is 5.71. The van der Waals surface area contributed by atoms with Gasteiger partial charge >= 0.3 is 0 Å². The molecule has 0 aromatic heterocycles. The zero-order valence-electron chi connectivity index (χ0n) is 16.8. The first-order chi connectivity index (χ1) is 14.5. The number of hydrogen-bond acceptors (Lipinski definition) is 2. The second-order valence-corrected chi connectivity index (χ2v) is 10.2. The van der Waals surface area contributed by atoms with Gasteiger partial charge in [0.2, 0.25) is 9.84 Å². The summed E-state index contributed by atoms with van der Waals surface area (Å²) in [5.41, 5.74) is 7.85. The predicted octanol–water partition coefficient (Wildman–Crippen LogP) is 5.81. The van der Waals surface area contributed by atoms with Gasteiger partial charge < -0.3 is 0 Å². The Morgan fingerprint density at radius 1 is 0.567 bits per heavy atom. The number of rotatable bonds is 0. The average molecular weight is 409 g/mol. The quantitative estimate of drug-likeness (QED) is 0.318. The van der Waals surface area contributed by atoms with E-state index in [1.807, 2.05) is 26.0 Å². The van der Waals surface area contributed by atoms with Crippen molar-refractivity contribution in [1.82, 2.24) is 0 Å². The molecular formula is C27H20O2S. The van der Waals surface area contributed by atoms with Crippen LogP contribution in [0.25, 0.3) is 11.1 Å². The smallest absolute Gasteiger partial charge is 0.207 e. The molecule has 2 nitrogen and oxygen atoms in total. The average Bonchev–Trinajstić information content (AvgIpc) is 3.04. The molecule has 1 aliphatic heterocycles. The topological polar surface area (TPSA) is 34.1 Å². The van der Waals surface area contributed by atoms with Crippen molar-refractivity contribution >= 4 is 9.84 Å². The maximum Gasteiger partial charge on any atom is 0.207 e. The largest absolute Gasteiger partial charge is 0.218 e. The van der Waals surface area contributed by atoms with E-state index in [-0.39, 0.29) is 0 Å². The van der Waals surface area contributed by atoms with Crippen LogP contribution in [0.5, 0.6) is 0 Å². The molecule has 0 N–H and O–H groups in total. The molecular weight excluding hydrogens is 388 g/mol. The fraction of sp³-hybridized carbons (Fsp3) is 0.111. The molecule has 0 unspecified atom stereocenters. The maximum absolute atomic E-state index is 13.7. The summed E-state index contributed by atoms with van der Waals surface area (Å²) in [4.78, 5) is 0.826. The van der Waals surface area contributed by atoms with Gasteiger partial charge in [-0.25, -0.2) is 8.42 Å². The van der Waals surface area contributed by atoms with Gasteiger partial charge in [-0.1, -0.05) is 83.9 Å². The number of aryl methyl sites for hydroxylation is 2. The van der Waals surface area contributed by atoms with Gasteiger partial charge in [0.1, 0.15) is 0 Å². The van der Waals surface area contributed by atoms with Gasteiger partial charge in [0.05, 0.1) is 15.2 Å². The van der Waals surface area contributed by atoms with Crippen LogP contribution in [0, 0.1) is 13.8 Å². The fourth-order valence-electron chi connectivity index (χ4n) is 5.42. The van der Waals surface area contributed by atoms with Crippen molar-refractivity contribution in [3.05, 3.63) is 118 Å². The van der Waals surface area contributed by atoms with Crippen LogP contribution in [0.2, 0.25) is 0 Å². The van der Waals surface area contributed by atoms with Crippen LogP contribution in [0.3, 0.4) is 0 Å². The van der Waals surface area contributed by atoms with E-state index >= 15 is 0 Å². The third kappa shape index (κ3) is 1.96. The maximum atomic E-state index is 13.7. The lowest BCUT2D eigenvalue weighted by atomic mass is 9.67. The third-order valence-electron chi connectivity index (χ3n) is 6.61. The summed E-state index contributed by atoms with van der Waals surface area (Å²) >= 11 is 0. The van der Waals surface area contributed by atoms with Crippen LogP contribution < -0.4 is 0 Å². The van der Waals surface area contributed by atoms with E-state index in [2.05, 4.69) is 60.7 Å². The SMILES string of the molecule is Cc1ccc2c(c1)C1(c3ccccc3-c3ccccc31)c1cc(C)ccc1S2(=O)=O. The lowest BCUT2D eigenvalue weighted by Crippen LogP contribution is -2.36. The van der Waals surface area contributed by atoms with E-state index < -0.39 is 15.3 Å². The molecule has 0 saturated heterocycles. The first kappa shape index (κ1) is 17.7. The van der Waals surface area contributed by atoms with Gasteiger partial charge in [-0.05, 0) is 59.4 Å². The second-order valence-electron chi connectivity index (χ2n) is 8.34. The summed E-state index contributed by atoms with van der Waals surface area (Å²) in [6.07, 6.45) is 0. The number of fused-ring (bicyclic) bond motifs is 9. The Morgan fingerprint density at radius 3 is 1.47 bits per heavy atom. The molecule has 0 radical (unpaired) electrons. The van der Waals surface area contributed by atoms with E-state index in [9.17, 15) is 8.42 Å². The first-order valence-corrected chi connectivity index (χ1v) is 11.6. The van der Waals surface area contributed by atoms with Gasteiger partial charge in [0.25, 0.3) is 0 Å². The van der Waals surface area contributed by atoms with Crippen molar-refractivity contribution in [2.45, 2.75) is 29.1 Å². The van der Waals surface area contributed by atoms with Crippen LogP contribution in [0.4, 0.5) is 0 Å². The standard InChI is InChI=1S/C27H20O2S/c1-17-11-13-25-23(15-17)27(24-16-18(2)12-14-26(24)30(25,28)29)21-9-5-3-7-19(21)20-8-4-6-10-22(20)27/h3-16H,1-2H3. The van der Waals surface area contributed by atoms with Gasteiger partial charge in [-0.3, -0.25) is 0 Å². The van der Waals surface area contributed by atoms with Crippen molar-refractivity contribution in [3.63, 3.8) is 0 Å². The van der Waals surface area contributed by atoms with Crippen molar-refractivity contribution in [3.8, 4) is 11.1 Å². The van der Waals surface area contributed by atoms with Crippen molar-refractivity contribution < 1.29 is 8.42 Å². The van der Waals surface area contributed by atoms with Crippen LogP contribution in [-0.4, -0.2) is 8.42 Å². The van der Waals surface area contributed by atoms with E-state index in [1.54, 1.807) is 12.1 Å². The van der Waals surface area contributed by atoms with Crippen molar-refractivity contribution in [2.24, 2.45) is 0 Å². The lowest BCUT2D eigenvalue weighted by Gasteiger charge is -2.40. The highest BCUT2D eigenvalue weighted by atomic mass is 32.2. The van der Waals surface area contributed by atoms with E-state index in [1.165, 1.54) is 11.1 Å². The van der Waals surface area contributed by atoms with Crippen molar-refractivity contribution in [2.75, 3.05) is 0 Å². The van der Waals surface area contributed by atoms with Crippen LogP contribution in [-0.2, 0) is 15.3 Å². The number of benzene rings is 4. The van der Waals surface area contributed by atoms with E-state index in [4.69, 9.17) is 0 Å². The predicted molar refractivity (Wildman–Crippen MR) is 119 cm³/mol. The minimum Gasteiger partial charge on any atom is -0.218 e. The molecule has 1 aliphatic carbocycles. The number of hydrogen-bond donors (Lipinski definition) is 0. The molecule has 1 spiro atoms. The lowest BCUT2D eigenvalue weighted by molar-refractivity contribution is 0.580. The molecule has 6 rings (SSSR count). The first-order valence-electron chi connectivity index (χ1n) is 10.1. The van der Waals surface area contributed by atoms with Crippen LogP contribution in [0.15, 0.2) is 94.7 Å². The molecule has 3 heteroatoms. The Balaban J connectivity index is 1.92. The highest BCUT2D eigenvalue weighted by molar-refractivity contribution is 7.91. The van der Waals surface area contributed by atoms with E-state index in [0.717, 1.165) is 33.4 Å². The molecule has 4 aromatic carbocycles. The summed E-state index contributed by atoms with van der Waals surface area (Å²) in [5.74, 6) is 0. The Labute approximate surface area is 176 Å². The number of sulfone groups is 1. The Kier molecular flexibility index (Phi) is 3.36. The minimum absolute atomic E-state index is 0.413. The Morgan fingerprint density at radius 2 is 1.00 bits per heavy atom. The molecule has 146 valence electrons. The molecule has 2 aliphatic rings. The summed E-state index contributed by atoms with van der Waals surface area (Å²) in [7, 11) is -3.60. The van der Waals surface area contributed by atoms with Gasteiger partial charge in [0, 0.05) is 0 Å². The van der Waals surface area contributed by atoms with Gasteiger partial charge in [0.15, 0.2) is 0 Å². The summed E-state index contributed by atoms with van der Waals surface area (Å²) < 4.78 is 27.4. The summed E-state index contributed by atoms with van der Waals surface area (Å²) in [6.45, 7) is 4.05. The highest BCUT2D eigenvalue weighted by Crippen LogP contribution is 2.60. The molecule has 4 aromatic rings. The zero-order chi connectivity index (χ0) is 20.7. The molecule has 0 fully saturated rings. The fourth-order valence-corrected chi connectivity index (χ4v) is 7.16. The molecule has 0 saturated carbocycles. The molecule has 0 bridgehead atoms. The Bertz CT molecular complexity index is 1370. The summed E-state index contributed by atoms with van der Waals surface area (Å²) in [5, 5.41) is 0. The molecule has 0 atom stereocenters. The third-order valence-corrected chi connectivity index (χ3v) is 8.48. The highest BCUT2D eigenvalue weighted by Gasteiger charge is 2.53. The Hall–Kier alpha value is -3.17. The zero-order valence-corrected chi connectivity index (χ0v) is 17.6. The van der Waals surface area contributed by atoms with Crippen LogP contribution >= 0.6 is 0 Å². The van der Waals surface area contributed by atoms with E-state index in [0.29, 0.717) is 9.79 Å². The van der Waals surface area contributed by atoms with Crippen molar-refractivity contribution in [1.29, 1.82) is 0 Å². The van der Waals surface area contributed by atoms with Crippen LogP contribution in [0.1, 0.15) is 33.4 Å². The van der Waals surface area contributed by atoms with Gasteiger partial charge in [-0.15, -0.1) is 0 Å².